The molecule has 0 spiro atoms. The minimum atomic E-state index is -0.0295. The molecule has 1 aromatic carbocycles. The summed E-state index contributed by atoms with van der Waals surface area (Å²) >= 11 is 3.43. The van der Waals surface area contributed by atoms with Crippen molar-refractivity contribution < 1.29 is 4.74 Å². The predicted octanol–water partition coefficient (Wildman–Crippen LogP) is 2.75. The van der Waals surface area contributed by atoms with E-state index in [1.54, 1.807) is 0 Å². The lowest BCUT2D eigenvalue weighted by molar-refractivity contribution is 0.222. The van der Waals surface area contributed by atoms with Gasteiger partial charge in [0.2, 0.25) is 11.9 Å². The first kappa shape index (κ1) is 13.5. The number of benzene rings is 1. The van der Waals surface area contributed by atoms with Crippen molar-refractivity contribution in [3.8, 4) is 6.01 Å². The van der Waals surface area contributed by atoms with Crippen molar-refractivity contribution in [1.29, 1.82) is 0 Å². The van der Waals surface area contributed by atoms with Crippen LogP contribution in [0.5, 0.6) is 6.01 Å². The van der Waals surface area contributed by atoms with Gasteiger partial charge < -0.3 is 15.8 Å². The average Bonchev–Trinajstić information content (AvgIpc) is 2.30. The van der Waals surface area contributed by atoms with E-state index in [2.05, 4.69) is 36.2 Å². The molecule has 0 amide bonds. The van der Waals surface area contributed by atoms with E-state index in [0.717, 1.165) is 10.2 Å². The van der Waals surface area contributed by atoms with Crippen LogP contribution in [0.15, 0.2) is 28.7 Å². The van der Waals surface area contributed by atoms with Gasteiger partial charge in [0.05, 0.1) is 11.8 Å². The first-order valence-corrected chi connectivity index (χ1v) is 6.53. The van der Waals surface area contributed by atoms with Crippen LogP contribution in [0.4, 0.5) is 17.6 Å². The number of hydrogen-bond donors (Lipinski definition) is 2. The second kappa shape index (κ2) is 5.83. The molecule has 2 rings (SSSR count). The third-order valence-electron chi connectivity index (χ3n) is 2.09. The third kappa shape index (κ3) is 3.78. The van der Waals surface area contributed by atoms with Crippen molar-refractivity contribution in [2.45, 2.75) is 20.0 Å². The Morgan fingerprint density at radius 1 is 1.21 bits per heavy atom. The quantitative estimate of drug-likeness (QED) is 0.899. The van der Waals surface area contributed by atoms with Crippen molar-refractivity contribution in [1.82, 2.24) is 15.0 Å². The van der Waals surface area contributed by atoms with E-state index in [9.17, 15) is 0 Å². The van der Waals surface area contributed by atoms with E-state index < -0.39 is 0 Å². The van der Waals surface area contributed by atoms with Gasteiger partial charge in [-0.1, -0.05) is 12.1 Å². The highest BCUT2D eigenvalue weighted by molar-refractivity contribution is 9.10. The number of para-hydroxylation sites is 1. The molecule has 0 radical (unpaired) electrons. The number of nitrogens with zero attached hydrogens (tertiary/aromatic N) is 3. The van der Waals surface area contributed by atoms with E-state index >= 15 is 0 Å². The largest absolute Gasteiger partial charge is 0.461 e. The third-order valence-corrected chi connectivity index (χ3v) is 2.79. The molecule has 1 heterocycles. The van der Waals surface area contributed by atoms with E-state index in [-0.39, 0.29) is 18.1 Å². The van der Waals surface area contributed by atoms with Gasteiger partial charge in [0.15, 0.2) is 0 Å². The van der Waals surface area contributed by atoms with E-state index in [4.69, 9.17) is 10.5 Å². The van der Waals surface area contributed by atoms with E-state index in [1.165, 1.54) is 0 Å². The summed E-state index contributed by atoms with van der Waals surface area (Å²) in [6.07, 6.45) is -0.0295. The molecule has 100 valence electrons. The number of nitrogens with two attached hydrogens (primary N) is 1. The first-order chi connectivity index (χ1) is 9.04. The summed E-state index contributed by atoms with van der Waals surface area (Å²) in [6.45, 7) is 3.78. The zero-order valence-electron chi connectivity index (χ0n) is 10.6. The summed E-state index contributed by atoms with van der Waals surface area (Å²) in [7, 11) is 0. The maximum absolute atomic E-state index is 5.63. The molecule has 0 atom stereocenters. The molecule has 2 aromatic rings. The molecule has 0 aliphatic heterocycles. The number of rotatable bonds is 4. The highest BCUT2D eigenvalue weighted by atomic mass is 79.9. The number of ether oxygens (including phenoxy) is 1. The van der Waals surface area contributed by atoms with Crippen LogP contribution in [0.1, 0.15) is 13.8 Å². The van der Waals surface area contributed by atoms with Crippen molar-refractivity contribution in [2.24, 2.45) is 0 Å². The monoisotopic (exact) mass is 323 g/mol. The highest BCUT2D eigenvalue weighted by Gasteiger charge is 2.08. The van der Waals surface area contributed by atoms with Gasteiger partial charge >= 0.3 is 6.01 Å². The summed E-state index contributed by atoms with van der Waals surface area (Å²) in [5.41, 5.74) is 6.47. The molecule has 0 aliphatic carbocycles. The predicted molar refractivity (Wildman–Crippen MR) is 77.4 cm³/mol. The minimum absolute atomic E-state index is 0.0295. The lowest BCUT2D eigenvalue weighted by Gasteiger charge is -2.10. The second-order valence-electron chi connectivity index (χ2n) is 4.07. The Morgan fingerprint density at radius 2 is 1.95 bits per heavy atom. The molecule has 0 saturated carbocycles. The molecular weight excluding hydrogens is 310 g/mol. The number of anilines is 3. The molecule has 0 aliphatic rings. The van der Waals surface area contributed by atoms with Crippen molar-refractivity contribution in [3.63, 3.8) is 0 Å². The van der Waals surface area contributed by atoms with Crippen LogP contribution < -0.4 is 15.8 Å². The first-order valence-electron chi connectivity index (χ1n) is 5.74. The van der Waals surface area contributed by atoms with Gasteiger partial charge in [0.1, 0.15) is 0 Å². The molecule has 3 N–H and O–H groups in total. The number of nitrogens with one attached hydrogen (secondary N) is 1. The maximum atomic E-state index is 5.63. The van der Waals surface area contributed by atoms with E-state index in [1.807, 2.05) is 38.1 Å². The SMILES string of the molecule is CC(C)Oc1nc(N)nc(Nc2ccccc2Br)n1. The zero-order chi connectivity index (χ0) is 13.8. The smallest absolute Gasteiger partial charge is 0.323 e. The van der Waals surface area contributed by atoms with Crippen molar-refractivity contribution in [2.75, 3.05) is 11.1 Å². The van der Waals surface area contributed by atoms with E-state index in [0.29, 0.717) is 5.95 Å². The maximum Gasteiger partial charge on any atom is 0.323 e. The van der Waals surface area contributed by atoms with Gasteiger partial charge in [-0.2, -0.15) is 15.0 Å². The Kier molecular flexibility index (Phi) is 4.16. The molecule has 1 aromatic heterocycles. The molecule has 0 fully saturated rings. The van der Waals surface area contributed by atoms with Gasteiger partial charge in [-0.25, -0.2) is 0 Å². The van der Waals surface area contributed by atoms with Crippen LogP contribution in [0.3, 0.4) is 0 Å². The average molecular weight is 324 g/mol. The van der Waals surface area contributed by atoms with Gasteiger partial charge in [0.25, 0.3) is 0 Å². The standard InChI is InChI=1S/C12H14BrN5O/c1-7(2)19-12-17-10(14)16-11(18-12)15-9-6-4-3-5-8(9)13/h3-7H,1-2H3,(H3,14,15,16,17,18). The number of halogens is 1. The molecule has 0 unspecified atom stereocenters. The number of hydrogen-bond acceptors (Lipinski definition) is 6. The van der Waals surface area contributed by atoms with Crippen LogP contribution in [-0.4, -0.2) is 21.1 Å². The molecule has 7 heteroatoms. The normalized spacial score (nSPS) is 10.5. The lowest BCUT2D eigenvalue weighted by atomic mass is 10.3. The van der Waals surface area contributed by atoms with Crippen LogP contribution >= 0.6 is 15.9 Å². The Labute approximate surface area is 119 Å². The number of aromatic nitrogens is 3. The van der Waals surface area contributed by atoms with Gasteiger partial charge in [-0.3, -0.25) is 0 Å². The fourth-order valence-electron chi connectivity index (χ4n) is 1.37. The Balaban J connectivity index is 2.25. The molecular formula is C12H14BrN5O. The Bertz CT molecular complexity index is 576. The van der Waals surface area contributed by atoms with Crippen LogP contribution in [0.25, 0.3) is 0 Å². The fraction of sp³-hybridized carbons (Fsp3) is 0.250. The van der Waals surface area contributed by atoms with Crippen LogP contribution in [-0.2, 0) is 0 Å². The topological polar surface area (TPSA) is 86.0 Å². The summed E-state index contributed by atoms with van der Waals surface area (Å²) in [5, 5.41) is 3.06. The van der Waals surface area contributed by atoms with Gasteiger partial charge in [0, 0.05) is 4.47 Å². The van der Waals surface area contributed by atoms with Crippen LogP contribution in [0.2, 0.25) is 0 Å². The molecule has 6 nitrogen and oxygen atoms in total. The van der Waals surface area contributed by atoms with Gasteiger partial charge in [-0.05, 0) is 41.9 Å². The fourth-order valence-corrected chi connectivity index (χ4v) is 1.76. The second-order valence-corrected chi connectivity index (χ2v) is 4.93. The van der Waals surface area contributed by atoms with Crippen LogP contribution in [0, 0.1) is 0 Å². The van der Waals surface area contributed by atoms with Gasteiger partial charge in [-0.15, -0.1) is 0 Å². The Hall–Kier alpha value is -1.89. The highest BCUT2D eigenvalue weighted by Crippen LogP contribution is 2.24. The summed E-state index contributed by atoms with van der Waals surface area (Å²) < 4.78 is 6.31. The molecule has 19 heavy (non-hydrogen) atoms. The minimum Gasteiger partial charge on any atom is -0.461 e. The number of nitrogen functional groups attached to an aromatic ring is 1. The summed E-state index contributed by atoms with van der Waals surface area (Å²) in [5.74, 6) is 0.454. The zero-order valence-corrected chi connectivity index (χ0v) is 12.2. The Morgan fingerprint density at radius 3 is 2.63 bits per heavy atom. The van der Waals surface area contributed by atoms with Crippen molar-refractivity contribution >= 4 is 33.5 Å². The summed E-state index contributed by atoms with van der Waals surface area (Å²) in [4.78, 5) is 12.1. The lowest BCUT2D eigenvalue weighted by Crippen LogP contribution is -2.11. The summed E-state index contributed by atoms with van der Waals surface area (Å²) in [6, 6.07) is 7.84. The van der Waals surface area contributed by atoms with Crippen molar-refractivity contribution in [3.05, 3.63) is 28.7 Å². The molecule has 0 bridgehead atoms. The molecule has 0 saturated heterocycles.